The fraction of sp³-hybridized carbons (Fsp3) is 0.762. The maximum Gasteiger partial charge on any atom is 0.306 e. The van der Waals surface area contributed by atoms with E-state index in [0.717, 1.165) is 103 Å². The second-order valence-electron chi connectivity index (χ2n) is 26.2. The number of unbranched alkanes of at least 4 members (excludes halogenated alkanes) is 38. The van der Waals surface area contributed by atoms with Gasteiger partial charge >= 0.3 is 11.9 Å². The fourth-order valence-corrected chi connectivity index (χ4v) is 10.6. The number of carbonyl (C=O) groups excluding carboxylic acids is 3. The van der Waals surface area contributed by atoms with E-state index in [0.29, 0.717) is 17.4 Å². The van der Waals surface area contributed by atoms with Crippen molar-refractivity contribution in [2.75, 3.05) is 47.5 Å². The van der Waals surface area contributed by atoms with E-state index in [1.54, 1.807) is 0 Å². The molecule has 0 rings (SSSR count). The van der Waals surface area contributed by atoms with Crippen molar-refractivity contribution in [3.05, 3.63) is 97.2 Å². The molecular weight excluding hydrogens is 1100 g/mol. The molecule has 9 nitrogen and oxygen atoms in total. The molecule has 2 atom stereocenters. The molecule has 0 aromatic carbocycles. The molecule has 0 aliphatic rings. The summed E-state index contributed by atoms with van der Waals surface area (Å²) < 4.78 is 22.8. The lowest BCUT2D eigenvalue weighted by atomic mass is 10.0. The summed E-state index contributed by atoms with van der Waals surface area (Å²) in [6, 6.07) is 0. The SMILES string of the molecule is CC/C=C\C/C=C\C/C=C\C/C=C\C/C=C\C/C=C\CCCCCCCCC(=O)OC(COC(=O)CCCCCCCCCCCCCCCCCCCCCCCCCCCCC/C=C\C/C=C\CCCCCCC)COC(OCC[N+](C)(C)C)C(=O)[O-]. The van der Waals surface area contributed by atoms with Gasteiger partial charge in [0.05, 0.1) is 40.3 Å². The van der Waals surface area contributed by atoms with Crippen LogP contribution in [0.4, 0.5) is 0 Å². The molecule has 0 fully saturated rings. The largest absolute Gasteiger partial charge is 0.545 e. The van der Waals surface area contributed by atoms with Crippen LogP contribution in [0.25, 0.3) is 0 Å². The monoisotopic (exact) mass is 1240 g/mol. The minimum Gasteiger partial charge on any atom is -0.545 e. The second kappa shape index (κ2) is 70.1. The highest BCUT2D eigenvalue weighted by atomic mass is 16.7. The van der Waals surface area contributed by atoms with Gasteiger partial charge in [0.25, 0.3) is 0 Å². The normalized spacial score (nSPS) is 13.2. The molecule has 0 aliphatic heterocycles. The minimum absolute atomic E-state index is 0.142. The van der Waals surface area contributed by atoms with E-state index < -0.39 is 24.3 Å². The Morgan fingerprint density at radius 1 is 0.348 bits per heavy atom. The van der Waals surface area contributed by atoms with Crippen molar-refractivity contribution in [2.45, 2.75) is 347 Å². The molecule has 0 radical (unpaired) electrons. The maximum atomic E-state index is 12.9. The Balaban J connectivity index is 4.02. The maximum absolute atomic E-state index is 12.9. The number of carbonyl (C=O) groups is 3. The highest BCUT2D eigenvalue weighted by Crippen LogP contribution is 2.18. The summed E-state index contributed by atoms with van der Waals surface area (Å²) in [5, 5.41) is 11.8. The molecule has 0 aromatic heterocycles. The zero-order chi connectivity index (χ0) is 64.7. The van der Waals surface area contributed by atoms with Crippen LogP contribution < -0.4 is 5.11 Å². The molecule has 0 saturated carbocycles. The number of carboxylic acids is 1. The van der Waals surface area contributed by atoms with E-state index in [2.05, 4.69) is 111 Å². The molecule has 9 heteroatoms. The number of rotatable bonds is 69. The highest BCUT2D eigenvalue weighted by molar-refractivity contribution is 5.70. The third-order valence-corrected chi connectivity index (χ3v) is 16.3. The number of aliphatic carboxylic acids is 1. The van der Waals surface area contributed by atoms with Crippen molar-refractivity contribution in [1.82, 2.24) is 0 Å². The summed E-state index contributed by atoms with van der Waals surface area (Å²) in [7, 11) is 5.93. The van der Waals surface area contributed by atoms with Gasteiger partial charge in [-0.1, -0.05) is 323 Å². The Labute approximate surface area is 550 Å². The molecule has 0 N–H and O–H groups in total. The third-order valence-electron chi connectivity index (χ3n) is 16.3. The first-order valence-corrected chi connectivity index (χ1v) is 37.4. The van der Waals surface area contributed by atoms with Gasteiger partial charge in [0.15, 0.2) is 12.4 Å². The van der Waals surface area contributed by atoms with Gasteiger partial charge in [-0.3, -0.25) is 9.59 Å². The Hall–Kier alpha value is -3.79. The Morgan fingerprint density at radius 3 is 0.955 bits per heavy atom. The van der Waals surface area contributed by atoms with E-state index in [1.165, 1.54) is 199 Å². The predicted octanol–water partition coefficient (Wildman–Crippen LogP) is 22.3. The number of likely N-dealkylation sites (N-methyl/N-ethyl adjacent to an activating group) is 1. The Bertz CT molecular complexity index is 1790. The van der Waals surface area contributed by atoms with Crippen LogP contribution >= 0.6 is 0 Å². The van der Waals surface area contributed by atoms with Gasteiger partial charge in [-0.2, -0.15) is 0 Å². The van der Waals surface area contributed by atoms with Crippen LogP contribution in [0.1, 0.15) is 335 Å². The zero-order valence-corrected chi connectivity index (χ0v) is 58.8. The zero-order valence-electron chi connectivity index (χ0n) is 58.8. The van der Waals surface area contributed by atoms with Gasteiger partial charge in [-0.15, -0.1) is 0 Å². The van der Waals surface area contributed by atoms with E-state index in [9.17, 15) is 19.5 Å². The van der Waals surface area contributed by atoms with Crippen LogP contribution in [0.2, 0.25) is 0 Å². The minimum atomic E-state index is -1.63. The molecule has 0 heterocycles. The Morgan fingerprint density at radius 2 is 0.640 bits per heavy atom. The van der Waals surface area contributed by atoms with Crippen LogP contribution in [-0.2, 0) is 33.3 Å². The number of allylic oxidation sites excluding steroid dienone is 16. The van der Waals surface area contributed by atoms with Crippen LogP contribution in [-0.4, -0.2) is 82.3 Å². The van der Waals surface area contributed by atoms with Crippen LogP contribution in [0.15, 0.2) is 97.2 Å². The van der Waals surface area contributed by atoms with Gasteiger partial charge in [0.2, 0.25) is 0 Å². The summed E-state index contributed by atoms with van der Waals surface area (Å²) >= 11 is 0. The van der Waals surface area contributed by atoms with Gasteiger partial charge in [0, 0.05) is 12.8 Å². The lowest BCUT2D eigenvalue weighted by molar-refractivity contribution is -0.870. The van der Waals surface area contributed by atoms with Crippen molar-refractivity contribution in [3.63, 3.8) is 0 Å². The number of carboxylic acid groups (broad SMARTS) is 1. The molecule has 0 aromatic rings. The lowest BCUT2D eigenvalue weighted by Crippen LogP contribution is -2.44. The van der Waals surface area contributed by atoms with Gasteiger partial charge in [-0.05, 0) is 96.3 Å². The average Bonchev–Trinajstić information content (AvgIpc) is 3.64. The number of hydrogen-bond acceptors (Lipinski definition) is 8. The fourth-order valence-electron chi connectivity index (χ4n) is 10.6. The van der Waals surface area contributed by atoms with Crippen LogP contribution in [0.5, 0.6) is 0 Å². The van der Waals surface area contributed by atoms with Crippen LogP contribution in [0, 0.1) is 0 Å². The summed E-state index contributed by atoms with van der Waals surface area (Å²) in [6.07, 6.45) is 93.8. The molecule has 0 bridgehead atoms. The molecule has 0 aliphatic carbocycles. The first-order valence-electron chi connectivity index (χ1n) is 37.4. The molecule has 0 amide bonds. The predicted molar refractivity (Wildman–Crippen MR) is 380 cm³/mol. The van der Waals surface area contributed by atoms with Crippen molar-refractivity contribution in [1.29, 1.82) is 0 Å². The number of nitrogens with zero attached hydrogens (tertiary/aromatic N) is 1. The first-order chi connectivity index (χ1) is 43.6. The van der Waals surface area contributed by atoms with Crippen molar-refractivity contribution in [3.8, 4) is 0 Å². The van der Waals surface area contributed by atoms with Gasteiger partial charge < -0.3 is 33.3 Å². The topological polar surface area (TPSA) is 111 Å². The van der Waals surface area contributed by atoms with E-state index >= 15 is 0 Å². The number of quaternary nitrogens is 1. The summed E-state index contributed by atoms with van der Waals surface area (Å²) in [5.41, 5.74) is 0. The standard InChI is InChI=1S/C80H141NO8/c1-6-8-10-12-14-16-18-20-22-24-26-28-30-32-33-34-35-36-37-38-39-40-41-42-43-44-45-47-48-50-52-54-56-58-60-62-64-66-68-70-77(82)87-74-76(75-88-80(79(84)85)86-73-72-81(3,4)5)89-78(83)71-69-67-65-63-61-59-57-55-53-51-49-46-31-29-27-25-23-21-19-17-15-13-11-9-7-2/h9,11,15,17-18,20-21,23-24,26-27,29,46,49,53,55,76,80H,6-8,10,12-14,16,19,22,25,28,30-45,47-48,50-52,54,56-75H2,1-5H3/b11-9-,17-15-,20-18-,23-21-,26-24-,29-27-,49-46-,55-53-. The smallest absolute Gasteiger partial charge is 0.306 e. The van der Waals surface area contributed by atoms with E-state index in [1.807, 2.05) is 21.1 Å². The molecule has 514 valence electrons. The number of ether oxygens (including phenoxy) is 4. The molecular formula is C80H141NO8. The number of esters is 2. The molecule has 0 spiro atoms. The van der Waals surface area contributed by atoms with E-state index in [4.69, 9.17) is 18.9 Å². The quantitative estimate of drug-likeness (QED) is 0.0195. The van der Waals surface area contributed by atoms with Crippen molar-refractivity contribution in [2.24, 2.45) is 0 Å². The van der Waals surface area contributed by atoms with E-state index in [-0.39, 0.29) is 38.6 Å². The third kappa shape index (κ3) is 71.5. The summed E-state index contributed by atoms with van der Waals surface area (Å²) in [5.74, 6) is -2.29. The summed E-state index contributed by atoms with van der Waals surface area (Å²) in [6.45, 7) is 4.64. The first kappa shape index (κ1) is 85.2. The number of hydrogen-bond donors (Lipinski definition) is 0. The molecule has 89 heavy (non-hydrogen) atoms. The second-order valence-corrected chi connectivity index (χ2v) is 26.2. The average molecular weight is 1250 g/mol. The van der Waals surface area contributed by atoms with Gasteiger partial charge in [-0.25, -0.2) is 0 Å². The van der Waals surface area contributed by atoms with Crippen LogP contribution in [0.3, 0.4) is 0 Å². The van der Waals surface area contributed by atoms with Crippen molar-refractivity contribution >= 4 is 17.9 Å². The molecule has 0 saturated heterocycles. The van der Waals surface area contributed by atoms with Crippen molar-refractivity contribution < 1.29 is 42.9 Å². The van der Waals surface area contributed by atoms with Gasteiger partial charge in [0.1, 0.15) is 13.2 Å². The molecule has 2 unspecified atom stereocenters. The highest BCUT2D eigenvalue weighted by Gasteiger charge is 2.22. The summed E-state index contributed by atoms with van der Waals surface area (Å²) in [4.78, 5) is 37.5. The lowest BCUT2D eigenvalue weighted by Gasteiger charge is -2.26. The Kier molecular flexibility index (Phi) is 67.1.